The van der Waals surface area contributed by atoms with Crippen molar-refractivity contribution in [1.29, 1.82) is 0 Å². The van der Waals surface area contributed by atoms with Crippen LogP contribution in [-0.2, 0) is 4.79 Å². The molecule has 0 spiro atoms. The summed E-state index contributed by atoms with van der Waals surface area (Å²) in [6, 6.07) is 0.331. The fourth-order valence-electron chi connectivity index (χ4n) is 1.49. The van der Waals surface area contributed by atoms with Gasteiger partial charge < -0.3 is 10.2 Å². The lowest BCUT2D eigenvalue weighted by molar-refractivity contribution is -0.160. The Balaban J connectivity index is 2.38. The van der Waals surface area contributed by atoms with Gasteiger partial charge >= 0.3 is 6.18 Å². The van der Waals surface area contributed by atoms with E-state index in [9.17, 15) is 18.0 Å². The van der Waals surface area contributed by atoms with Crippen LogP contribution in [0.1, 0.15) is 32.6 Å². The summed E-state index contributed by atoms with van der Waals surface area (Å²) < 4.78 is 36.9. The van der Waals surface area contributed by atoms with Gasteiger partial charge in [0.1, 0.15) is 6.54 Å². The van der Waals surface area contributed by atoms with E-state index in [0.29, 0.717) is 12.5 Å². The molecule has 0 unspecified atom stereocenters. The van der Waals surface area contributed by atoms with Crippen LogP contribution in [0.4, 0.5) is 13.2 Å². The minimum Gasteiger partial charge on any atom is -0.332 e. The number of nitrogens with one attached hydrogen (secondary N) is 1. The van der Waals surface area contributed by atoms with Gasteiger partial charge in [0.15, 0.2) is 0 Å². The minimum atomic E-state index is -4.32. The highest BCUT2D eigenvalue weighted by Crippen LogP contribution is 2.19. The molecule has 0 saturated heterocycles. The molecule has 0 heterocycles. The summed E-state index contributed by atoms with van der Waals surface area (Å²) in [7, 11) is 0. The summed E-state index contributed by atoms with van der Waals surface area (Å²) in [6.07, 6.45) is -0.908. The van der Waals surface area contributed by atoms with Crippen LogP contribution in [0, 0.1) is 0 Å². The first-order valence-corrected chi connectivity index (χ1v) is 6.00. The number of nitrogens with zero attached hydrogens (tertiary/aromatic N) is 1. The lowest BCUT2D eigenvalue weighted by Gasteiger charge is -2.24. The summed E-state index contributed by atoms with van der Waals surface area (Å²) in [6.45, 7) is 0.947. The van der Waals surface area contributed by atoms with Crippen molar-refractivity contribution in [3.63, 3.8) is 0 Å². The van der Waals surface area contributed by atoms with Gasteiger partial charge in [-0.05, 0) is 19.3 Å². The van der Waals surface area contributed by atoms with E-state index < -0.39 is 18.6 Å². The van der Waals surface area contributed by atoms with E-state index in [1.54, 1.807) is 0 Å². The molecular weight excluding hydrogens is 233 g/mol. The number of unbranched alkanes of at least 4 members (excludes halogenated alkanes) is 1. The van der Waals surface area contributed by atoms with Gasteiger partial charge in [-0.2, -0.15) is 13.2 Å². The molecule has 0 aromatic rings. The summed E-state index contributed by atoms with van der Waals surface area (Å²) in [5, 5.41) is 2.94. The Morgan fingerprint density at radius 1 is 1.41 bits per heavy atom. The fraction of sp³-hybridized carbons (Fsp3) is 0.909. The van der Waals surface area contributed by atoms with Crippen molar-refractivity contribution in [2.45, 2.75) is 44.8 Å². The van der Waals surface area contributed by atoms with E-state index in [2.05, 4.69) is 5.32 Å². The van der Waals surface area contributed by atoms with Gasteiger partial charge in [0.2, 0.25) is 5.91 Å². The molecule has 17 heavy (non-hydrogen) atoms. The molecule has 0 radical (unpaired) electrons. The smallest absolute Gasteiger partial charge is 0.332 e. The number of alkyl halides is 3. The first kappa shape index (κ1) is 14.3. The molecule has 1 rings (SSSR count). The molecule has 0 aromatic heterocycles. The average Bonchev–Trinajstić information content (AvgIpc) is 3.02. The number of carbonyl (C=O) groups excluding carboxylic acids is 1. The standard InChI is InChI=1S/C11H19F3N2O/c1-2-3-6-16(8-11(12,13)14)10(17)7-15-9-4-5-9/h9,15H,2-8H2,1H3. The van der Waals surface area contributed by atoms with Crippen LogP contribution < -0.4 is 5.32 Å². The molecule has 100 valence electrons. The maximum Gasteiger partial charge on any atom is 0.406 e. The van der Waals surface area contributed by atoms with Crippen LogP contribution >= 0.6 is 0 Å². The Labute approximate surface area is 99.4 Å². The summed E-state index contributed by atoms with van der Waals surface area (Å²) >= 11 is 0. The molecule has 0 aromatic carbocycles. The molecule has 0 atom stereocenters. The van der Waals surface area contributed by atoms with Crippen molar-refractivity contribution in [3.05, 3.63) is 0 Å². The second-order valence-corrected chi connectivity index (χ2v) is 4.44. The highest BCUT2D eigenvalue weighted by molar-refractivity contribution is 5.78. The van der Waals surface area contributed by atoms with Gasteiger partial charge in [-0.1, -0.05) is 13.3 Å². The Morgan fingerprint density at radius 3 is 2.53 bits per heavy atom. The molecule has 6 heteroatoms. The van der Waals surface area contributed by atoms with Crippen LogP contribution in [-0.4, -0.2) is 42.7 Å². The van der Waals surface area contributed by atoms with Crippen molar-refractivity contribution in [2.24, 2.45) is 0 Å². The fourth-order valence-corrected chi connectivity index (χ4v) is 1.49. The van der Waals surface area contributed by atoms with Gasteiger partial charge in [-0.3, -0.25) is 4.79 Å². The monoisotopic (exact) mass is 252 g/mol. The number of hydrogen-bond donors (Lipinski definition) is 1. The number of amides is 1. The number of carbonyl (C=O) groups is 1. The number of rotatable bonds is 7. The van der Waals surface area contributed by atoms with E-state index in [4.69, 9.17) is 0 Å². The molecular formula is C11H19F3N2O. The average molecular weight is 252 g/mol. The molecule has 1 N–H and O–H groups in total. The third kappa shape index (κ3) is 6.51. The highest BCUT2D eigenvalue weighted by Gasteiger charge is 2.33. The van der Waals surface area contributed by atoms with E-state index >= 15 is 0 Å². The Bertz CT molecular complexity index is 252. The lowest BCUT2D eigenvalue weighted by Crippen LogP contribution is -2.44. The van der Waals surface area contributed by atoms with Crippen molar-refractivity contribution < 1.29 is 18.0 Å². The van der Waals surface area contributed by atoms with Crippen molar-refractivity contribution in [1.82, 2.24) is 10.2 Å². The molecule has 1 saturated carbocycles. The zero-order valence-electron chi connectivity index (χ0n) is 10.0. The van der Waals surface area contributed by atoms with E-state index in [0.717, 1.165) is 24.2 Å². The first-order chi connectivity index (χ1) is 7.92. The van der Waals surface area contributed by atoms with E-state index in [1.807, 2.05) is 6.92 Å². The minimum absolute atomic E-state index is 0.0183. The van der Waals surface area contributed by atoms with Crippen molar-refractivity contribution >= 4 is 5.91 Å². The molecule has 1 amide bonds. The van der Waals surface area contributed by atoms with Crippen molar-refractivity contribution in [2.75, 3.05) is 19.6 Å². The second-order valence-electron chi connectivity index (χ2n) is 4.44. The van der Waals surface area contributed by atoms with E-state index in [-0.39, 0.29) is 13.1 Å². The summed E-state index contributed by atoms with van der Waals surface area (Å²) in [5.74, 6) is -0.456. The maximum atomic E-state index is 12.3. The molecule has 0 aliphatic heterocycles. The second kappa shape index (κ2) is 6.23. The highest BCUT2D eigenvalue weighted by atomic mass is 19.4. The lowest BCUT2D eigenvalue weighted by atomic mass is 10.3. The van der Waals surface area contributed by atoms with Crippen LogP contribution in [0.2, 0.25) is 0 Å². The van der Waals surface area contributed by atoms with E-state index in [1.165, 1.54) is 0 Å². The molecule has 3 nitrogen and oxygen atoms in total. The number of hydrogen-bond acceptors (Lipinski definition) is 2. The van der Waals surface area contributed by atoms with Gasteiger partial charge in [0.25, 0.3) is 0 Å². The van der Waals surface area contributed by atoms with Gasteiger partial charge in [0, 0.05) is 12.6 Å². The van der Waals surface area contributed by atoms with Crippen LogP contribution in [0.3, 0.4) is 0 Å². The first-order valence-electron chi connectivity index (χ1n) is 6.00. The number of halogens is 3. The largest absolute Gasteiger partial charge is 0.406 e. The third-order valence-electron chi connectivity index (χ3n) is 2.62. The Morgan fingerprint density at radius 2 is 2.06 bits per heavy atom. The van der Waals surface area contributed by atoms with Crippen molar-refractivity contribution in [3.8, 4) is 0 Å². The van der Waals surface area contributed by atoms with Gasteiger partial charge in [0.05, 0.1) is 6.54 Å². The molecule has 0 bridgehead atoms. The van der Waals surface area contributed by atoms with Gasteiger partial charge in [-0.25, -0.2) is 0 Å². The van der Waals surface area contributed by atoms with Crippen LogP contribution in [0.15, 0.2) is 0 Å². The topological polar surface area (TPSA) is 32.3 Å². The predicted molar refractivity (Wildman–Crippen MR) is 58.6 cm³/mol. The molecule has 1 fully saturated rings. The van der Waals surface area contributed by atoms with Gasteiger partial charge in [-0.15, -0.1) is 0 Å². The zero-order valence-corrected chi connectivity index (χ0v) is 10.0. The summed E-state index contributed by atoms with van der Waals surface area (Å²) in [5.41, 5.74) is 0. The predicted octanol–water partition coefficient (Wildman–Crippen LogP) is 1.93. The molecule has 1 aliphatic rings. The van der Waals surface area contributed by atoms with Crippen LogP contribution in [0.25, 0.3) is 0 Å². The Hall–Kier alpha value is -0.780. The maximum absolute atomic E-state index is 12.3. The normalized spacial score (nSPS) is 16.0. The molecule has 1 aliphatic carbocycles. The quantitative estimate of drug-likeness (QED) is 0.751. The SMILES string of the molecule is CCCCN(CC(F)(F)F)C(=O)CNC1CC1. The third-order valence-corrected chi connectivity index (χ3v) is 2.62. The Kier molecular flexibility index (Phi) is 5.24. The summed E-state index contributed by atoms with van der Waals surface area (Å²) in [4.78, 5) is 12.5. The van der Waals surface area contributed by atoms with Crippen LogP contribution in [0.5, 0.6) is 0 Å². The zero-order chi connectivity index (χ0) is 12.9.